The molecule has 1 rings (SSSR count). The molecule has 0 bridgehead atoms. The summed E-state index contributed by atoms with van der Waals surface area (Å²) >= 11 is 0. The Morgan fingerprint density at radius 2 is 1.85 bits per heavy atom. The third-order valence-corrected chi connectivity index (χ3v) is 3.01. The van der Waals surface area contributed by atoms with Gasteiger partial charge in [-0.2, -0.15) is 0 Å². The number of sulfone groups is 1. The van der Waals surface area contributed by atoms with E-state index >= 15 is 0 Å². The Hall–Kier alpha value is -0.870. The van der Waals surface area contributed by atoms with Crippen LogP contribution in [0.4, 0.5) is 0 Å². The molecular formula is C9H12O3S. The van der Waals surface area contributed by atoms with Crippen molar-refractivity contribution in [3.8, 4) is 0 Å². The number of ether oxygens (including phenoxy) is 1. The van der Waals surface area contributed by atoms with Crippen LogP contribution in [0.2, 0.25) is 0 Å². The Balaban J connectivity index is 2.83. The molecule has 0 aliphatic carbocycles. The molecule has 72 valence electrons. The molecule has 0 atom stereocenters. The Morgan fingerprint density at radius 3 is 2.38 bits per heavy atom. The molecule has 4 heteroatoms. The molecular weight excluding hydrogens is 188 g/mol. The minimum Gasteiger partial charge on any atom is -0.365 e. The van der Waals surface area contributed by atoms with Crippen LogP contribution in [-0.2, 0) is 14.6 Å². The molecule has 0 radical (unpaired) electrons. The van der Waals surface area contributed by atoms with Crippen molar-refractivity contribution >= 4 is 9.84 Å². The van der Waals surface area contributed by atoms with Crippen molar-refractivity contribution in [3.63, 3.8) is 0 Å². The van der Waals surface area contributed by atoms with E-state index in [2.05, 4.69) is 0 Å². The number of hydrogen-bond acceptors (Lipinski definition) is 3. The number of hydrogen-bond donors (Lipinski definition) is 0. The lowest BCUT2D eigenvalue weighted by Gasteiger charge is -2.03. The normalized spacial score (nSPS) is 11.5. The maximum absolute atomic E-state index is 11.5. The van der Waals surface area contributed by atoms with E-state index in [0.29, 0.717) is 11.5 Å². The highest BCUT2D eigenvalue weighted by Gasteiger charge is 2.12. The van der Waals surface area contributed by atoms with E-state index in [1.165, 1.54) is 0 Å². The molecule has 0 aromatic heterocycles. The van der Waals surface area contributed by atoms with Crippen molar-refractivity contribution in [1.29, 1.82) is 0 Å². The first-order valence-electron chi connectivity index (χ1n) is 4.02. The van der Waals surface area contributed by atoms with E-state index in [1.807, 2.05) is 0 Å². The lowest BCUT2D eigenvalue weighted by molar-refractivity contribution is 0.192. The Labute approximate surface area is 78.3 Å². The molecule has 0 saturated heterocycles. The van der Waals surface area contributed by atoms with Gasteiger partial charge in [-0.25, -0.2) is 8.42 Å². The van der Waals surface area contributed by atoms with Crippen molar-refractivity contribution in [2.24, 2.45) is 0 Å². The highest BCUT2D eigenvalue weighted by atomic mass is 32.2. The highest BCUT2D eigenvalue weighted by molar-refractivity contribution is 7.91. The number of benzene rings is 1. The average Bonchev–Trinajstić information content (AvgIpc) is 2.16. The van der Waals surface area contributed by atoms with Gasteiger partial charge in [-0.3, -0.25) is 0 Å². The van der Waals surface area contributed by atoms with Crippen LogP contribution in [0.15, 0.2) is 35.2 Å². The minimum atomic E-state index is -3.24. The third-order valence-electron chi connectivity index (χ3n) is 1.54. The zero-order valence-corrected chi connectivity index (χ0v) is 8.25. The van der Waals surface area contributed by atoms with Crippen LogP contribution in [-0.4, -0.2) is 21.0 Å². The summed E-state index contributed by atoms with van der Waals surface area (Å²) in [4.78, 5) is 0.309. The van der Waals surface area contributed by atoms with E-state index in [4.69, 9.17) is 4.74 Å². The van der Waals surface area contributed by atoms with Gasteiger partial charge in [0, 0.05) is 6.61 Å². The van der Waals surface area contributed by atoms with Crippen LogP contribution in [0.5, 0.6) is 0 Å². The fraction of sp³-hybridized carbons (Fsp3) is 0.333. The summed E-state index contributed by atoms with van der Waals surface area (Å²) in [6.45, 7) is 2.17. The van der Waals surface area contributed by atoms with E-state index in [9.17, 15) is 8.42 Å². The Bertz CT molecular complexity index is 342. The van der Waals surface area contributed by atoms with Crippen LogP contribution in [0.3, 0.4) is 0 Å². The van der Waals surface area contributed by atoms with Crippen molar-refractivity contribution < 1.29 is 13.2 Å². The molecule has 0 amide bonds. The standard InChI is InChI=1S/C9H12O3S/c1-2-12-8-13(10,11)9-6-4-3-5-7-9/h3-7H,2,8H2,1H3. The predicted octanol–water partition coefficient (Wildman–Crippen LogP) is 1.45. The Kier molecular flexibility index (Phi) is 3.45. The molecule has 0 unspecified atom stereocenters. The van der Waals surface area contributed by atoms with E-state index in [-0.39, 0.29) is 5.94 Å². The predicted molar refractivity (Wildman–Crippen MR) is 50.1 cm³/mol. The summed E-state index contributed by atoms with van der Waals surface area (Å²) in [6, 6.07) is 8.29. The van der Waals surface area contributed by atoms with Gasteiger partial charge in [-0.05, 0) is 19.1 Å². The third kappa shape index (κ3) is 2.82. The maximum atomic E-state index is 11.5. The van der Waals surface area contributed by atoms with Crippen LogP contribution in [0.1, 0.15) is 6.92 Å². The molecule has 0 saturated carbocycles. The second kappa shape index (κ2) is 4.39. The molecule has 1 aromatic carbocycles. The highest BCUT2D eigenvalue weighted by Crippen LogP contribution is 2.09. The number of rotatable bonds is 4. The van der Waals surface area contributed by atoms with Crippen molar-refractivity contribution in [2.75, 3.05) is 12.5 Å². The molecule has 0 N–H and O–H groups in total. The Morgan fingerprint density at radius 1 is 1.23 bits per heavy atom. The molecule has 3 nitrogen and oxygen atoms in total. The topological polar surface area (TPSA) is 43.4 Å². The van der Waals surface area contributed by atoms with Crippen LogP contribution in [0.25, 0.3) is 0 Å². The average molecular weight is 200 g/mol. The van der Waals surface area contributed by atoms with Crippen molar-refractivity contribution in [2.45, 2.75) is 11.8 Å². The smallest absolute Gasteiger partial charge is 0.202 e. The van der Waals surface area contributed by atoms with Gasteiger partial charge in [-0.1, -0.05) is 18.2 Å². The second-order valence-electron chi connectivity index (χ2n) is 2.54. The molecule has 13 heavy (non-hydrogen) atoms. The van der Waals surface area contributed by atoms with Crippen molar-refractivity contribution in [1.82, 2.24) is 0 Å². The van der Waals surface area contributed by atoms with Gasteiger partial charge in [-0.15, -0.1) is 0 Å². The molecule has 0 heterocycles. The fourth-order valence-electron chi connectivity index (χ4n) is 0.889. The minimum absolute atomic E-state index is 0.243. The fourth-order valence-corrected chi connectivity index (χ4v) is 1.98. The first-order chi connectivity index (χ1) is 6.17. The zero-order valence-electron chi connectivity index (χ0n) is 7.43. The van der Waals surface area contributed by atoms with Gasteiger partial charge in [0.25, 0.3) is 0 Å². The largest absolute Gasteiger partial charge is 0.365 e. The van der Waals surface area contributed by atoms with E-state index < -0.39 is 9.84 Å². The molecule has 0 aliphatic heterocycles. The van der Waals surface area contributed by atoms with Gasteiger partial charge < -0.3 is 4.74 Å². The maximum Gasteiger partial charge on any atom is 0.202 e. The first kappa shape index (κ1) is 10.2. The molecule has 0 spiro atoms. The van der Waals surface area contributed by atoms with Crippen LogP contribution in [0, 0.1) is 0 Å². The quantitative estimate of drug-likeness (QED) is 0.739. The van der Waals surface area contributed by atoms with Gasteiger partial charge in [0.15, 0.2) is 5.94 Å². The lowest BCUT2D eigenvalue weighted by atomic mass is 10.4. The second-order valence-corrected chi connectivity index (χ2v) is 4.48. The van der Waals surface area contributed by atoms with Gasteiger partial charge in [0.05, 0.1) is 4.90 Å². The SMILES string of the molecule is CCOCS(=O)(=O)c1ccccc1. The summed E-state index contributed by atoms with van der Waals surface area (Å²) in [5.41, 5.74) is 0. The first-order valence-corrected chi connectivity index (χ1v) is 5.67. The lowest BCUT2D eigenvalue weighted by Crippen LogP contribution is -2.09. The summed E-state index contributed by atoms with van der Waals surface area (Å²) in [5, 5.41) is 0. The summed E-state index contributed by atoms with van der Waals surface area (Å²) in [7, 11) is -3.24. The van der Waals surface area contributed by atoms with Gasteiger partial charge >= 0.3 is 0 Å². The van der Waals surface area contributed by atoms with Crippen molar-refractivity contribution in [3.05, 3.63) is 30.3 Å². The van der Waals surface area contributed by atoms with E-state index in [1.54, 1.807) is 37.3 Å². The summed E-state index contributed by atoms with van der Waals surface area (Å²) in [6.07, 6.45) is 0. The summed E-state index contributed by atoms with van der Waals surface area (Å²) < 4.78 is 27.8. The van der Waals surface area contributed by atoms with Gasteiger partial charge in [0.1, 0.15) is 0 Å². The molecule has 0 aliphatic rings. The zero-order chi connectivity index (χ0) is 9.73. The summed E-state index contributed by atoms with van der Waals surface area (Å²) in [5.74, 6) is -0.243. The van der Waals surface area contributed by atoms with Gasteiger partial charge in [0.2, 0.25) is 9.84 Å². The van der Waals surface area contributed by atoms with E-state index in [0.717, 1.165) is 0 Å². The molecule has 1 aromatic rings. The monoisotopic (exact) mass is 200 g/mol. The van der Waals surface area contributed by atoms with Crippen LogP contribution < -0.4 is 0 Å². The molecule has 0 fully saturated rings. The van der Waals surface area contributed by atoms with Crippen LogP contribution >= 0.6 is 0 Å².